The molecule has 0 aliphatic carbocycles. The summed E-state index contributed by atoms with van der Waals surface area (Å²) < 4.78 is 6.98. The van der Waals surface area contributed by atoms with E-state index in [-0.39, 0.29) is 11.9 Å². The second kappa shape index (κ2) is 7.33. The molecule has 0 bridgehead atoms. The Kier molecular flexibility index (Phi) is 5.13. The monoisotopic (exact) mass is 372 g/mol. The van der Waals surface area contributed by atoms with E-state index in [1.54, 1.807) is 11.8 Å². The number of carbonyl (C=O) groups excluding carboxylic acids is 1. The number of fused-ring (bicyclic) bond motifs is 1. The third-order valence-corrected chi connectivity index (χ3v) is 4.73. The number of hydrogen-bond acceptors (Lipinski definition) is 4. The van der Waals surface area contributed by atoms with Gasteiger partial charge in [-0.05, 0) is 32.4 Å². The summed E-state index contributed by atoms with van der Waals surface area (Å²) in [5, 5.41) is 8.51. The fraction of sp³-hybridized carbons (Fsp3) is 0.316. The Hall–Kier alpha value is -2.60. The molecule has 1 atom stereocenters. The molecule has 3 aromatic rings. The number of benzene rings is 1. The van der Waals surface area contributed by atoms with Gasteiger partial charge in [0.1, 0.15) is 5.75 Å². The summed E-state index contributed by atoms with van der Waals surface area (Å²) in [6.45, 7) is 5.81. The number of ether oxygens (including phenoxy) is 1. The maximum Gasteiger partial charge on any atom is 0.254 e. The molecule has 1 amide bonds. The second-order valence-corrected chi connectivity index (χ2v) is 6.54. The molecular formula is C19H21ClN4O2. The van der Waals surface area contributed by atoms with E-state index in [0.717, 1.165) is 17.9 Å². The van der Waals surface area contributed by atoms with E-state index in [1.807, 2.05) is 45.0 Å². The van der Waals surface area contributed by atoms with Gasteiger partial charge in [0, 0.05) is 18.3 Å². The molecule has 0 fully saturated rings. The van der Waals surface area contributed by atoms with E-state index in [2.05, 4.69) is 15.4 Å². The molecule has 3 rings (SSSR count). The van der Waals surface area contributed by atoms with Gasteiger partial charge >= 0.3 is 0 Å². The van der Waals surface area contributed by atoms with E-state index in [4.69, 9.17) is 16.3 Å². The van der Waals surface area contributed by atoms with Gasteiger partial charge in [0.05, 0.1) is 34.5 Å². The molecule has 2 heterocycles. The molecule has 6 nitrogen and oxygen atoms in total. The number of halogens is 1. The third kappa shape index (κ3) is 3.24. The van der Waals surface area contributed by atoms with Crippen molar-refractivity contribution in [2.24, 2.45) is 0 Å². The standard InChI is InChI=1S/C19H21ClN4O2/c1-5-11(2)22-19(25)15-10-21-18-16(17(15)20)12(3)23-24(18)13-7-6-8-14(9-13)26-4/h6-11H,5H2,1-4H3,(H,22,25)/t11-/m0/s1. The highest BCUT2D eigenvalue weighted by atomic mass is 35.5. The first-order valence-electron chi connectivity index (χ1n) is 8.45. The van der Waals surface area contributed by atoms with Crippen molar-refractivity contribution in [1.29, 1.82) is 0 Å². The molecule has 0 aliphatic heterocycles. The SMILES string of the molecule is CC[C@H](C)NC(=O)c1cnc2c(c(C)nn2-c2cccc(OC)c2)c1Cl. The van der Waals surface area contributed by atoms with Crippen molar-refractivity contribution in [2.45, 2.75) is 33.2 Å². The van der Waals surface area contributed by atoms with Crippen molar-refractivity contribution in [2.75, 3.05) is 7.11 Å². The summed E-state index contributed by atoms with van der Waals surface area (Å²) in [5.41, 5.74) is 2.47. The van der Waals surface area contributed by atoms with E-state index in [1.165, 1.54) is 6.20 Å². The molecule has 0 saturated heterocycles. The fourth-order valence-corrected chi connectivity index (χ4v) is 3.05. The number of rotatable bonds is 5. The fourth-order valence-electron chi connectivity index (χ4n) is 2.69. The molecular weight excluding hydrogens is 352 g/mol. The minimum Gasteiger partial charge on any atom is -0.497 e. The highest BCUT2D eigenvalue weighted by Gasteiger charge is 2.20. The van der Waals surface area contributed by atoms with Crippen LogP contribution in [0.4, 0.5) is 0 Å². The predicted molar refractivity (Wildman–Crippen MR) is 102 cm³/mol. The van der Waals surface area contributed by atoms with Crippen LogP contribution in [0.25, 0.3) is 16.7 Å². The molecule has 0 aliphatic rings. The lowest BCUT2D eigenvalue weighted by Gasteiger charge is -2.12. The van der Waals surface area contributed by atoms with Crippen LogP contribution in [-0.2, 0) is 0 Å². The summed E-state index contributed by atoms with van der Waals surface area (Å²) in [6, 6.07) is 7.58. The smallest absolute Gasteiger partial charge is 0.254 e. The molecule has 26 heavy (non-hydrogen) atoms. The van der Waals surface area contributed by atoms with Crippen LogP contribution in [0.15, 0.2) is 30.5 Å². The van der Waals surface area contributed by atoms with Crippen LogP contribution in [0.5, 0.6) is 5.75 Å². The molecule has 0 saturated carbocycles. The minimum atomic E-state index is -0.229. The van der Waals surface area contributed by atoms with Crippen LogP contribution in [0.2, 0.25) is 5.02 Å². The average molecular weight is 373 g/mol. The zero-order valence-electron chi connectivity index (χ0n) is 15.2. The van der Waals surface area contributed by atoms with Crippen LogP contribution in [0.1, 0.15) is 36.3 Å². The molecule has 1 aromatic carbocycles. The van der Waals surface area contributed by atoms with Gasteiger partial charge in [-0.1, -0.05) is 24.6 Å². The number of amides is 1. The van der Waals surface area contributed by atoms with Gasteiger partial charge in [0.15, 0.2) is 5.65 Å². The zero-order chi connectivity index (χ0) is 18.8. The molecule has 1 N–H and O–H groups in total. The second-order valence-electron chi connectivity index (χ2n) is 6.17. The summed E-state index contributed by atoms with van der Waals surface area (Å²) in [6.07, 6.45) is 2.34. The number of carbonyl (C=O) groups is 1. The Morgan fingerprint density at radius 3 is 2.88 bits per heavy atom. The number of nitrogens with zero attached hydrogens (tertiary/aromatic N) is 3. The number of hydrogen-bond donors (Lipinski definition) is 1. The first kappa shape index (κ1) is 18.2. The third-order valence-electron chi connectivity index (χ3n) is 4.34. The van der Waals surface area contributed by atoms with Crippen molar-refractivity contribution in [3.8, 4) is 11.4 Å². The topological polar surface area (TPSA) is 69.0 Å². The lowest BCUT2D eigenvalue weighted by molar-refractivity contribution is 0.0939. The van der Waals surface area contributed by atoms with Crippen molar-refractivity contribution in [3.63, 3.8) is 0 Å². The Morgan fingerprint density at radius 1 is 1.42 bits per heavy atom. The van der Waals surface area contributed by atoms with E-state index < -0.39 is 0 Å². The first-order chi connectivity index (χ1) is 12.5. The molecule has 136 valence electrons. The Balaban J connectivity index is 2.10. The van der Waals surface area contributed by atoms with Gasteiger partial charge in [-0.3, -0.25) is 4.79 Å². The molecule has 0 unspecified atom stereocenters. The predicted octanol–water partition coefficient (Wildman–Crippen LogP) is 3.92. The summed E-state index contributed by atoms with van der Waals surface area (Å²) in [4.78, 5) is 16.9. The van der Waals surface area contributed by atoms with Crippen LogP contribution in [0, 0.1) is 6.92 Å². The highest BCUT2D eigenvalue weighted by Crippen LogP contribution is 2.30. The summed E-state index contributed by atoms with van der Waals surface area (Å²) in [5.74, 6) is 0.492. The highest BCUT2D eigenvalue weighted by molar-refractivity contribution is 6.38. The van der Waals surface area contributed by atoms with Crippen molar-refractivity contribution >= 4 is 28.5 Å². The van der Waals surface area contributed by atoms with Gasteiger partial charge in [-0.25, -0.2) is 9.67 Å². The lowest BCUT2D eigenvalue weighted by Crippen LogP contribution is -2.32. The molecule has 0 spiro atoms. The normalized spacial score (nSPS) is 12.2. The van der Waals surface area contributed by atoms with Crippen LogP contribution >= 0.6 is 11.6 Å². The van der Waals surface area contributed by atoms with Crippen molar-refractivity contribution in [1.82, 2.24) is 20.1 Å². The maximum absolute atomic E-state index is 12.5. The number of aromatic nitrogens is 3. The number of pyridine rings is 1. The van der Waals surface area contributed by atoms with E-state index in [9.17, 15) is 4.79 Å². The van der Waals surface area contributed by atoms with Crippen LogP contribution in [0.3, 0.4) is 0 Å². The Labute approximate surface area is 157 Å². The van der Waals surface area contributed by atoms with Gasteiger partial charge in [-0.15, -0.1) is 0 Å². The molecule has 7 heteroatoms. The first-order valence-corrected chi connectivity index (χ1v) is 8.83. The van der Waals surface area contributed by atoms with Crippen molar-refractivity contribution < 1.29 is 9.53 Å². The number of aryl methyl sites for hydroxylation is 1. The number of methoxy groups -OCH3 is 1. The Morgan fingerprint density at radius 2 is 2.19 bits per heavy atom. The van der Waals surface area contributed by atoms with Gasteiger partial charge in [-0.2, -0.15) is 5.10 Å². The van der Waals surface area contributed by atoms with Crippen molar-refractivity contribution in [3.05, 3.63) is 46.7 Å². The van der Waals surface area contributed by atoms with Crippen LogP contribution < -0.4 is 10.1 Å². The largest absolute Gasteiger partial charge is 0.497 e. The quantitative estimate of drug-likeness (QED) is 0.737. The molecule has 2 aromatic heterocycles. The van der Waals surface area contributed by atoms with E-state index in [0.29, 0.717) is 27.3 Å². The van der Waals surface area contributed by atoms with Crippen LogP contribution in [-0.4, -0.2) is 33.8 Å². The zero-order valence-corrected chi connectivity index (χ0v) is 16.0. The Bertz CT molecular complexity index is 968. The van der Waals surface area contributed by atoms with Gasteiger partial charge in [0.2, 0.25) is 0 Å². The summed E-state index contributed by atoms with van der Waals surface area (Å²) in [7, 11) is 1.61. The van der Waals surface area contributed by atoms with E-state index >= 15 is 0 Å². The average Bonchev–Trinajstić information content (AvgIpc) is 2.99. The molecule has 0 radical (unpaired) electrons. The van der Waals surface area contributed by atoms with Gasteiger partial charge < -0.3 is 10.1 Å². The maximum atomic E-state index is 12.5. The number of nitrogens with one attached hydrogen (secondary N) is 1. The lowest BCUT2D eigenvalue weighted by atomic mass is 10.1. The minimum absolute atomic E-state index is 0.0647. The van der Waals surface area contributed by atoms with Gasteiger partial charge in [0.25, 0.3) is 5.91 Å². The summed E-state index contributed by atoms with van der Waals surface area (Å²) >= 11 is 6.55.